The number of carbonyl (C=O) groups excluding carboxylic acids is 1. The Hall–Kier alpha value is -2.93. The number of amides is 1. The van der Waals surface area contributed by atoms with Crippen LogP contribution < -0.4 is 5.32 Å². The highest BCUT2D eigenvalue weighted by Gasteiger charge is 2.24. The molecular weight excluding hydrogens is 331 g/mol. The molecule has 2 aromatic rings. The quantitative estimate of drug-likeness (QED) is 0.838. The van der Waals surface area contributed by atoms with Gasteiger partial charge in [-0.3, -0.25) is 4.79 Å². The maximum Gasteiger partial charge on any atom is 0.337 e. The van der Waals surface area contributed by atoms with Crippen LogP contribution in [0.2, 0.25) is 0 Å². The van der Waals surface area contributed by atoms with Crippen molar-refractivity contribution in [2.24, 2.45) is 4.99 Å². The number of carboxylic acids is 1. The predicted molar refractivity (Wildman–Crippen MR) is 90.6 cm³/mol. The number of hydrogen-bond donors (Lipinski definition) is 2. The van der Waals surface area contributed by atoms with E-state index < -0.39 is 17.7 Å². The topological polar surface area (TPSA) is 78.8 Å². The molecule has 2 aromatic carbocycles. The molecule has 0 unspecified atom stereocenters. The number of rotatable bonds is 3. The number of nitrogens with zero attached hydrogens (tertiary/aromatic N) is 1. The molecule has 0 saturated carbocycles. The van der Waals surface area contributed by atoms with Gasteiger partial charge in [-0.1, -0.05) is 30.3 Å². The molecule has 3 rings (SSSR count). The third kappa shape index (κ3) is 3.36. The van der Waals surface area contributed by atoms with E-state index in [1.165, 1.54) is 18.2 Å². The fourth-order valence-electron chi connectivity index (χ4n) is 2.08. The molecule has 120 valence electrons. The molecular formula is C17H11FN2O3S. The molecule has 1 saturated heterocycles. The van der Waals surface area contributed by atoms with Crippen LogP contribution in [0.1, 0.15) is 15.9 Å². The molecule has 1 fully saturated rings. The van der Waals surface area contributed by atoms with Gasteiger partial charge in [0.25, 0.3) is 5.91 Å². The number of aliphatic imine (C=N–C) groups is 1. The van der Waals surface area contributed by atoms with Crippen LogP contribution in [-0.2, 0) is 4.79 Å². The van der Waals surface area contributed by atoms with E-state index in [-0.39, 0.29) is 21.3 Å². The lowest BCUT2D eigenvalue weighted by atomic mass is 10.2. The van der Waals surface area contributed by atoms with Crippen molar-refractivity contribution < 1.29 is 19.1 Å². The molecule has 1 aliphatic rings. The van der Waals surface area contributed by atoms with Crippen molar-refractivity contribution in [1.82, 2.24) is 5.32 Å². The fraction of sp³-hybridized carbons (Fsp3) is 0. The second-order valence-electron chi connectivity index (χ2n) is 4.83. The minimum Gasteiger partial charge on any atom is -0.478 e. The lowest BCUT2D eigenvalue weighted by Gasteiger charge is -2.00. The lowest BCUT2D eigenvalue weighted by molar-refractivity contribution is -0.115. The van der Waals surface area contributed by atoms with E-state index in [0.717, 1.165) is 11.8 Å². The summed E-state index contributed by atoms with van der Waals surface area (Å²) < 4.78 is 13.7. The predicted octanol–water partition coefficient (Wildman–Crippen LogP) is 3.42. The average Bonchev–Trinajstić information content (AvgIpc) is 2.89. The zero-order chi connectivity index (χ0) is 17.1. The molecule has 1 amide bonds. The average molecular weight is 342 g/mol. The van der Waals surface area contributed by atoms with Crippen molar-refractivity contribution in [2.45, 2.75) is 0 Å². The Bertz CT molecular complexity index is 893. The number of para-hydroxylation sites is 1. The number of halogens is 1. The Kier molecular flexibility index (Phi) is 4.43. The van der Waals surface area contributed by atoms with Crippen LogP contribution in [0.25, 0.3) is 6.08 Å². The van der Waals surface area contributed by atoms with E-state index in [1.807, 2.05) is 0 Å². The van der Waals surface area contributed by atoms with Gasteiger partial charge in [0.2, 0.25) is 0 Å². The Morgan fingerprint density at radius 2 is 1.88 bits per heavy atom. The minimum atomic E-state index is -1.11. The van der Waals surface area contributed by atoms with Crippen LogP contribution in [0.5, 0.6) is 0 Å². The number of thioether (sulfide) groups is 1. The Balaban J connectivity index is 1.91. The first-order valence-electron chi connectivity index (χ1n) is 6.91. The van der Waals surface area contributed by atoms with Gasteiger partial charge in [0.05, 0.1) is 16.2 Å². The highest BCUT2D eigenvalue weighted by atomic mass is 32.2. The molecule has 5 nitrogen and oxygen atoms in total. The lowest BCUT2D eigenvalue weighted by Crippen LogP contribution is -2.19. The molecule has 0 atom stereocenters. The molecule has 1 aliphatic heterocycles. The first kappa shape index (κ1) is 15.9. The molecule has 2 N–H and O–H groups in total. The number of benzene rings is 2. The van der Waals surface area contributed by atoms with Gasteiger partial charge in [-0.2, -0.15) is 0 Å². The van der Waals surface area contributed by atoms with Gasteiger partial charge >= 0.3 is 5.97 Å². The maximum absolute atomic E-state index is 13.7. The molecule has 0 aliphatic carbocycles. The molecule has 0 radical (unpaired) electrons. The standard InChI is InChI=1S/C17H11FN2O3S/c18-12-7-3-1-5-10(12)9-14-15(21)20-17(24-14)19-13-8-4-2-6-11(13)16(22)23/h1-9H,(H,22,23)(H,19,20,21). The summed E-state index contributed by atoms with van der Waals surface area (Å²) >= 11 is 1.03. The number of carbonyl (C=O) groups is 2. The summed E-state index contributed by atoms with van der Waals surface area (Å²) in [6, 6.07) is 12.3. The van der Waals surface area contributed by atoms with Crippen molar-refractivity contribution >= 4 is 40.6 Å². The van der Waals surface area contributed by atoms with Gasteiger partial charge < -0.3 is 10.4 Å². The van der Waals surface area contributed by atoms with Crippen LogP contribution in [0.15, 0.2) is 58.4 Å². The van der Waals surface area contributed by atoms with E-state index in [2.05, 4.69) is 10.3 Å². The number of nitrogens with one attached hydrogen (secondary N) is 1. The normalized spacial score (nSPS) is 17.3. The number of carboxylic acid groups (broad SMARTS) is 1. The molecule has 0 spiro atoms. The fourth-order valence-corrected chi connectivity index (χ4v) is 2.90. The van der Waals surface area contributed by atoms with Gasteiger partial charge in [0.15, 0.2) is 5.17 Å². The van der Waals surface area contributed by atoms with E-state index in [9.17, 15) is 14.0 Å². The summed E-state index contributed by atoms with van der Waals surface area (Å²) in [5, 5.41) is 11.9. The van der Waals surface area contributed by atoms with Crippen LogP contribution >= 0.6 is 11.8 Å². The SMILES string of the molecule is O=C1NC(=Nc2ccccc2C(=O)O)SC1=Cc1ccccc1F. The van der Waals surface area contributed by atoms with E-state index in [0.29, 0.717) is 5.56 Å². The number of aromatic carboxylic acids is 1. The Morgan fingerprint density at radius 1 is 1.17 bits per heavy atom. The summed E-state index contributed by atoms with van der Waals surface area (Å²) in [7, 11) is 0. The summed E-state index contributed by atoms with van der Waals surface area (Å²) in [5.41, 5.74) is 0.564. The van der Waals surface area contributed by atoms with Gasteiger partial charge in [0, 0.05) is 5.56 Å². The molecule has 0 bridgehead atoms. The van der Waals surface area contributed by atoms with Crippen molar-refractivity contribution in [2.75, 3.05) is 0 Å². The van der Waals surface area contributed by atoms with Crippen molar-refractivity contribution in [1.29, 1.82) is 0 Å². The Morgan fingerprint density at radius 3 is 2.62 bits per heavy atom. The first-order valence-corrected chi connectivity index (χ1v) is 7.72. The van der Waals surface area contributed by atoms with Gasteiger partial charge in [-0.15, -0.1) is 0 Å². The monoisotopic (exact) mass is 342 g/mol. The molecule has 24 heavy (non-hydrogen) atoms. The smallest absolute Gasteiger partial charge is 0.337 e. The summed E-state index contributed by atoms with van der Waals surface area (Å²) in [4.78, 5) is 27.6. The highest BCUT2D eigenvalue weighted by molar-refractivity contribution is 8.18. The number of amidine groups is 1. The van der Waals surface area contributed by atoms with E-state index in [4.69, 9.17) is 5.11 Å². The van der Waals surface area contributed by atoms with E-state index in [1.54, 1.807) is 36.4 Å². The number of hydrogen-bond acceptors (Lipinski definition) is 4. The largest absolute Gasteiger partial charge is 0.478 e. The molecule has 7 heteroatoms. The third-order valence-corrected chi connectivity index (χ3v) is 4.11. The second-order valence-corrected chi connectivity index (χ2v) is 5.86. The van der Waals surface area contributed by atoms with Gasteiger partial charge in [-0.25, -0.2) is 14.2 Å². The maximum atomic E-state index is 13.7. The van der Waals surface area contributed by atoms with Crippen LogP contribution in [0.4, 0.5) is 10.1 Å². The summed E-state index contributed by atoms with van der Waals surface area (Å²) in [5.74, 6) is -1.94. The van der Waals surface area contributed by atoms with Crippen LogP contribution in [0, 0.1) is 5.82 Å². The zero-order valence-corrected chi connectivity index (χ0v) is 13.0. The van der Waals surface area contributed by atoms with Crippen LogP contribution in [0.3, 0.4) is 0 Å². The summed E-state index contributed by atoms with van der Waals surface area (Å²) in [6.07, 6.45) is 1.43. The second kappa shape index (κ2) is 6.67. The summed E-state index contributed by atoms with van der Waals surface area (Å²) in [6.45, 7) is 0. The highest BCUT2D eigenvalue weighted by Crippen LogP contribution is 2.29. The van der Waals surface area contributed by atoms with E-state index >= 15 is 0 Å². The third-order valence-electron chi connectivity index (χ3n) is 3.20. The van der Waals surface area contributed by atoms with Crippen molar-refractivity contribution in [3.8, 4) is 0 Å². The van der Waals surface area contributed by atoms with Gasteiger partial charge in [0.1, 0.15) is 5.82 Å². The molecule has 0 aromatic heterocycles. The van der Waals surface area contributed by atoms with Crippen molar-refractivity contribution in [3.63, 3.8) is 0 Å². The van der Waals surface area contributed by atoms with Gasteiger partial charge in [-0.05, 0) is 36.0 Å². The first-order chi connectivity index (χ1) is 11.5. The van der Waals surface area contributed by atoms with Crippen LogP contribution in [-0.4, -0.2) is 22.2 Å². The van der Waals surface area contributed by atoms with Crippen molar-refractivity contribution in [3.05, 3.63) is 70.4 Å². The zero-order valence-electron chi connectivity index (χ0n) is 12.2. The minimum absolute atomic E-state index is 0.0337. The molecule has 1 heterocycles. The Labute approximate surface area is 140 Å².